The summed E-state index contributed by atoms with van der Waals surface area (Å²) in [6, 6.07) is 0. The average Bonchev–Trinajstić information content (AvgIpc) is 2.15. The normalized spacial score (nSPS) is 11.0. The molecule has 0 aromatic carbocycles. The Bertz CT molecular complexity index is 237. The van der Waals surface area contributed by atoms with E-state index in [9.17, 15) is 4.79 Å². The molecule has 0 heterocycles. The maximum absolute atomic E-state index is 10.7. The van der Waals surface area contributed by atoms with E-state index < -0.39 is 0 Å². The molecular formula is C12H18O2. The SMILES string of the molecule is C=C(C)/C=C/CCC/C=C/C(=O)OC. The molecule has 14 heavy (non-hydrogen) atoms. The molecule has 0 aliphatic rings. The van der Waals surface area contributed by atoms with Crippen molar-refractivity contribution in [3.63, 3.8) is 0 Å². The molecule has 2 heteroatoms. The van der Waals surface area contributed by atoms with Gasteiger partial charge in [0.05, 0.1) is 7.11 Å². The molecule has 0 fully saturated rings. The quantitative estimate of drug-likeness (QED) is 0.281. The van der Waals surface area contributed by atoms with Gasteiger partial charge in [0.15, 0.2) is 0 Å². The van der Waals surface area contributed by atoms with Gasteiger partial charge in [-0.05, 0) is 26.2 Å². The van der Waals surface area contributed by atoms with Crippen molar-refractivity contribution in [1.82, 2.24) is 0 Å². The van der Waals surface area contributed by atoms with Gasteiger partial charge in [-0.2, -0.15) is 0 Å². The maximum atomic E-state index is 10.7. The topological polar surface area (TPSA) is 26.3 Å². The van der Waals surface area contributed by atoms with Gasteiger partial charge in [0.25, 0.3) is 0 Å². The van der Waals surface area contributed by atoms with Crippen molar-refractivity contribution >= 4 is 5.97 Å². The van der Waals surface area contributed by atoms with Crippen molar-refractivity contribution in [2.45, 2.75) is 26.2 Å². The second-order valence-electron chi connectivity index (χ2n) is 3.11. The van der Waals surface area contributed by atoms with Gasteiger partial charge in [-0.3, -0.25) is 0 Å². The fourth-order valence-electron chi connectivity index (χ4n) is 0.886. The van der Waals surface area contributed by atoms with Crippen LogP contribution in [0.5, 0.6) is 0 Å². The molecule has 0 spiro atoms. The molecule has 0 aromatic rings. The molecule has 0 atom stereocenters. The van der Waals surface area contributed by atoms with Crippen LogP contribution in [0.4, 0.5) is 0 Å². The van der Waals surface area contributed by atoms with Crippen molar-refractivity contribution < 1.29 is 9.53 Å². The fraction of sp³-hybridized carbons (Fsp3) is 0.417. The lowest BCUT2D eigenvalue weighted by Crippen LogP contribution is -1.93. The third kappa shape index (κ3) is 8.78. The highest BCUT2D eigenvalue weighted by Crippen LogP contribution is 2.00. The highest BCUT2D eigenvalue weighted by atomic mass is 16.5. The van der Waals surface area contributed by atoms with Gasteiger partial charge in [-0.1, -0.05) is 30.4 Å². The van der Waals surface area contributed by atoms with Gasteiger partial charge < -0.3 is 4.74 Å². The van der Waals surface area contributed by atoms with E-state index >= 15 is 0 Å². The average molecular weight is 194 g/mol. The van der Waals surface area contributed by atoms with Crippen LogP contribution in [0, 0.1) is 0 Å². The van der Waals surface area contributed by atoms with Gasteiger partial charge in [0, 0.05) is 6.08 Å². The smallest absolute Gasteiger partial charge is 0.330 e. The van der Waals surface area contributed by atoms with Crippen molar-refractivity contribution in [3.8, 4) is 0 Å². The third-order valence-corrected chi connectivity index (χ3v) is 1.60. The number of hydrogen-bond acceptors (Lipinski definition) is 2. The third-order valence-electron chi connectivity index (χ3n) is 1.60. The summed E-state index contributed by atoms with van der Waals surface area (Å²) < 4.78 is 4.46. The second-order valence-corrected chi connectivity index (χ2v) is 3.11. The van der Waals surface area contributed by atoms with Crippen LogP contribution in [0.2, 0.25) is 0 Å². The van der Waals surface area contributed by atoms with E-state index in [0.717, 1.165) is 24.8 Å². The Labute approximate surface area is 86.0 Å². The van der Waals surface area contributed by atoms with Crippen LogP contribution < -0.4 is 0 Å². The molecule has 78 valence electrons. The number of methoxy groups -OCH3 is 1. The number of hydrogen-bond donors (Lipinski definition) is 0. The molecular weight excluding hydrogens is 176 g/mol. The molecule has 0 aromatic heterocycles. The lowest BCUT2D eigenvalue weighted by molar-refractivity contribution is -0.134. The molecule has 0 aliphatic heterocycles. The van der Waals surface area contributed by atoms with E-state index in [0.29, 0.717) is 0 Å². The van der Waals surface area contributed by atoms with Crippen molar-refractivity contribution in [2.75, 3.05) is 7.11 Å². The zero-order chi connectivity index (χ0) is 10.8. The Morgan fingerprint density at radius 1 is 1.29 bits per heavy atom. The summed E-state index contributed by atoms with van der Waals surface area (Å²) in [4.78, 5) is 10.7. The van der Waals surface area contributed by atoms with E-state index in [-0.39, 0.29) is 5.97 Å². The minimum atomic E-state index is -0.289. The predicted molar refractivity (Wildman–Crippen MR) is 59.0 cm³/mol. The summed E-state index contributed by atoms with van der Waals surface area (Å²) in [6.45, 7) is 5.73. The monoisotopic (exact) mass is 194 g/mol. The van der Waals surface area contributed by atoms with Crippen molar-refractivity contribution in [2.24, 2.45) is 0 Å². The Morgan fingerprint density at radius 2 is 1.86 bits per heavy atom. The van der Waals surface area contributed by atoms with Crippen molar-refractivity contribution in [3.05, 3.63) is 36.5 Å². The molecule has 2 nitrogen and oxygen atoms in total. The summed E-state index contributed by atoms with van der Waals surface area (Å²) in [7, 11) is 1.38. The van der Waals surface area contributed by atoms with E-state index in [1.54, 1.807) is 0 Å². The number of rotatable bonds is 6. The van der Waals surface area contributed by atoms with Crippen LogP contribution in [0.25, 0.3) is 0 Å². The van der Waals surface area contributed by atoms with Gasteiger partial charge in [0.1, 0.15) is 0 Å². The van der Waals surface area contributed by atoms with E-state index in [1.807, 2.05) is 19.1 Å². The van der Waals surface area contributed by atoms with Gasteiger partial charge >= 0.3 is 5.97 Å². The summed E-state index contributed by atoms with van der Waals surface area (Å²) >= 11 is 0. The first-order valence-electron chi connectivity index (χ1n) is 4.73. The van der Waals surface area contributed by atoms with Crippen molar-refractivity contribution in [1.29, 1.82) is 0 Å². The standard InChI is InChI=1S/C12H18O2/c1-11(2)9-7-5-4-6-8-10-12(13)14-3/h7-10H,1,4-6H2,2-3H3/b9-7+,10-8+. The summed E-state index contributed by atoms with van der Waals surface area (Å²) in [5.74, 6) is -0.289. The van der Waals surface area contributed by atoms with Crippen LogP contribution in [-0.2, 0) is 9.53 Å². The van der Waals surface area contributed by atoms with E-state index in [4.69, 9.17) is 0 Å². The molecule has 0 unspecified atom stereocenters. The number of carbonyl (C=O) groups is 1. The lowest BCUT2D eigenvalue weighted by atomic mass is 10.2. The van der Waals surface area contributed by atoms with Gasteiger partial charge in [-0.25, -0.2) is 4.79 Å². The zero-order valence-electron chi connectivity index (χ0n) is 8.95. The first-order chi connectivity index (χ1) is 6.66. The molecule has 0 aliphatic carbocycles. The molecule has 0 bridgehead atoms. The summed E-state index contributed by atoms with van der Waals surface area (Å²) in [6.07, 6.45) is 10.3. The molecule has 0 saturated carbocycles. The number of unbranched alkanes of at least 4 members (excludes halogenated alkanes) is 2. The fourth-order valence-corrected chi connectivity index (χ4v) is 0.886. The second kappa shape index (κ2) is 8.30. The molecule has 0 N–H and O–H groups in total. The highest BCUT2D eigenvalue weighted by Gasteiger charge is 1.88. The summed E-state index contributed by atoms with van der Waals surface area (Å²) in [5, 5.41) is 0. The molecule has 0 rings (SSSR count). The minimum absolute atomic E-state index is 0.289. The van der Waals surface area contributed by atoms with Crippen LogP contribution in [0.1, 0.15) is 26.2 Å². The molecule has 0 amide bonds. The Hall–Kier alpha value is -1.31. The lowest BCUT2D eigenvalue weighted by Gasteiger charge is -1.91. The number of allylic oxidation sites excluding steroid dienone is 4. The minimum Gasteiger partial charge on any atom is -0.466 e. The Kier molecular flexibility index (Phi) is 7.52. The van der Waals surface area contributed by atoms with Crippen LogP contribution in [0.15, 0.2) is 36.5 Å². The molecule has 0 saturated heterocycles. The maximum Gasteiger partial charge on any atom is 0.330 e. The van der Waals surface area contributed by atoms with Gasteiger partial charge in [-0.15, -0.1) is 0 Å². The first kappa shape index (κ1) is 12.7. The first-order valence-corrected chi connectivity index (χ1v) is 4.73. The van der Waals surface area contributed by atoms with E-state index in [2.05, 4.69) is 17.4 Å². The predicted octanol–water partition coefficient (Wildman–Crippen LogP) is 3.02. The zero-order valence-corrected chi connectivity index (χ0v) is 8.95. The Balaban J connectivity index is 3.42. The van der Waals surface area contributed by atoms with E-state index in [1.165, 1.54) is 13.2 Å². The number of carbonyl (C=O) groups excluding carboxylic acids is 1. The largest absolute Gasteiger partial charge is 0.466 e. The van der Waals surface area contributed by atoms with Crippen LogP contribution in [0.3, 0.4) is 0 Å². The highest BCUT2D eigenvalue weighted by molar-refractivity contribution is 5.81. The molecule has 0 radical (unpaired) electrons. The summed E-state index contributed by atoms with van der Waals surface area (Å²) in [5.41, 5.74) is 1.06. The van der Waals surface area contributed by atoms with Crippen LogP contribution >= 0.6 is 0 Å². The number of ether oxygens (including phenoxy) is 1. The number of esters is 1. The van der Waals surface area contributed by atoms with Crippen LogP contribution in [-0.4, -0.2) is 13.1 Å². The van der Waals surface area contributed by atoms with Gasteiger partial charge in [0.2, 0.25) is 0 Å². The Morgan fingerprint density at radius 3 is 2.36 bits per heavy atom.